The lowest BCUT2D eigenvalue weighted by Crippen LogP contribution is -2.06. The number of benzene rings is 1. The van der Waals surface area contributed by atoms with Crippen LogP contribution < -0.4 is 4.74 Å². The van der Waals surface area contributed by atoms with E-state index in [0.717, 1.165) is 0 Å². The van der Waals surface area contributed by atoms with Gasteiger partial charge in [0.05, 0.1) is 12.7 Å². The molecule has 0 amide bonds. The molecule has 17 heavy (non-hydrogen) atoms. The first-order chi connectivity index (χ1) is 7.11. The minimum atomic E-state index is -1.10. The van der Waals surface area contributed by atoms with Gasteiger partial charge in [-0.25, -0.2) is 4.79 Å². The number of ether oxygens (including phenoxy) is 1. The summed E-state index contributed by atoms with van der Waals surface area (Å²) in [6.45, 7) is 1.72. The molecule has 0 aromatic heterocycles. The molecule has 0 saturated heterocycles. The Kier molecular flexibility index (Phi) is 8.44. The maximum atomic E-state index is 11.5. The van der Waals surface area contributed by atoms with Gasteiger partial charge in [-0.2, -0.15) is 0 Å². The van der Waals surface area contributed by atoms with Crippen LogP contribution in [-0.2, 0) is 0 Å². The minimum absolute atomic E-state index is 0. The first-order valence-electron chi connectivity index (χ1n) is 4.55. The molecule has 1 aromatic rings. The Morgan fingerprint density at radius 3 is 2.18 bits per heavy atom. The first kappa shape index (κ1) is 18.1. The van der Waals surface area contributed by atoms with Gasteiger partial charge in [0.15, 0.2) is 5.78 Å². The van der Waals surface area contributed by atoms with Gasteiger partial charge in [-0.05, 0) is 12.1 Å². The molecule has 96 valence electrons. The van der Waals surface area contributed by atoms with Crippen molar-refractivity contribution in [1.82, 2.24) is 0 Å². The second kappa shape index (κ2) is 7.92. The van der Waals surface area contributed by atoms with E-state index in [1.807, 2.05) is 0 Å². The van der Waals surface area contributed by atoms with Crippen LogP contribution in [0.2, 0.25) is 0 Å². The quantitative estimate of drug-likeness (QED) is 0.862. The van der Waals surface area contributed by atoms with Crippen LogP contribution in [0.3, 0.4) is 0 Å². The van der Waals surface area contributed by atoms with E-state index >= 15 is 0 Å². The molecule has 0 heterocycles. The Morgan fingerprint density at radius 1 is 1.24 bits per heavy atom. The number of aromatic carboxylic acids is 1. The molecule has 0 aliphatic heterocycles. The van der Waals surface area contributed by atoms with E-state index in [9.17, 15) is 9.59 Å². The molecule has 0 saturated carbocycles. The molecule has 0 fully saturated rings. The summed E-state index contributed by atoms with van der Waals surface area (Å²) in [4.78, 5) is 22.3. The van der Waals surface area contributed by atoms with Gasteiger partial charge in [0.1, 0.15) is 11.3 Å². The lowest BCUT2D eigenvalue weighted by atomic mass is 10.0. The van der Waals surface area contributed by atoms with Gasteiger partial charge < -0.3 is 9.84 Å². The third kappa shape index (κ3) is 3.91. The van der Waals surface area contributed by atoms with Crippen LogP contribution in [0.4, 0.5) is 0 Å². The molecule has 1 rings (SSSR count). The van der Waals surface area contributed by atoms with Gasteiger partial charge in [0, 0.05) is 6.42 Å². The lowest BCUT2D eigenvalue weighted by molar-refractivity contribution is 0.0693. The van der Waals surface area contributed by atoms with Crippen molar-refractivity contribution in [3.63, 3.8) is 0 Å². The van der Waals surface area contributed by atoms with Gasteiger partial charge >= 0.3 is 5.97 Å². The van der Waals surface area contributed by atoms with Crippen LogP contribution in [0, 0.1) is 0 Å². The zero-order valence-corrected chi connectivity index (χ0v) is 11.1. The minimum Gasteiger partial charge on any atom is -0.495 e. The standard InChI is InChI=1S/C11H12O4.2ClH/c1-3-9(12)7-5-4-6-8(11(13)14)10(7)15-2;;/h4-6H,3H2,1-2H3,(H,13,14);2*1H. The molecule has 0 radical (unpaired) electrons. The van der Waals surface area contributed by atoms with Gasteiger partial charge in [-0.1, -0.05) is 13.0 Å². The molecule has 6 heteroatoms. The van der Waals surface area contributed by atoms with Crippen LogP contribution in [0.25, 0.3) is 0 Å². The Hall–Kier alpha value is -1.26. The highest BCUT2D eigenvalue weighted by molar-refractivity contribution is 6.02. The number of carbonyl (C=O) groups excluding carboxylic acids is 1. The van der Waals surface area contributed by atoms with Crippen molar-refractivity contribution in [1.29, 1.82) is 0 Å². The SMILES string of the molecule is CCC(=O)c1cccc(C(=O)O)c1OC.Cl.Cl. The fraction of sp³-hybridized carbons (Fsp3) is 0.273. The van der Waals surface area contributed by atoms with E-state index < -0.39 is 5.97 Å². The predicted molar refractivity (Wildman–Crippen MR) is 69.1 cm³/mol. The molecular weight excluding hydrogens is 267 g/mol. The van der Waals surface area contributed by atoms with Crippen LogP contribution in [0.5, 0.6) is 5.75 Å². The van der Waals surface area contributed by atoms with Crippen LogP contribution >= 0.6 is 24.8 Å². The Bertz CT molecular complexity index is 404. The molecule has 1 aromatic carbocycles. The number of para-hydroxylation sites is 1. The van der Waals surface area contributed by atoms with Crippen molar-refractivity contribution < 1.29 is 19.4 Å². The van der Waals surface area contributed by atoms with Crippen molar-refractivity contribution in [2.45, 2.75) is 13.3 Å². The molecule has 1 N–H and O–H groups in total. The number of hydrogen-bond acceptors (Lipinski definition) is 3. The summed E-state index contributed by atoms with van der Waals surface area (Å²) in [6.07, 6.45) is 0.319. The van der Waals surface area contributed by atoms with Crippen LogP contribution in [0.15, 0.2) is 18.2 Å². The van der Waals surface area contributed by atoms with Crippen molar-refractivity contribution in [2.75, 3.05) is 7.11 Å². The number of methoxy groups -OCH3 is 1. The van der Waals surface area contributed by atoms with Gasteiger partial charge in [-0.15, -0.1) is 24.8 Å². The Morgan fingerprint density at radius 2 is 1.76 bits per heavy atom. The number of Topliss-reactive ketones (excluding diaryl/α,β-unsaturated/α-hetero) is 1. The monoisotopic (exact) mass is 280 g/mol. The van der Waals surface area contributed by atoms with Crippen molar-refractivity contribution >= 4 is 36.6 Å². The summed E-state index contributed by atoms with van der Waals surface area (Å²) in [7, 11) is 1.36. The summed E-state index contributed by atoms with van der Waals surface area (Å²) >= 11 is 0. The van der Waals surface area contributed by atoms with E-state index in [1.165, 1.54) is 19.2 Å². The van der Waals surface area contributed by atoms with E-state index in [-0.39, 0.29) is 41.9 Å². The number of hydrogen-bond donors (Lipinski definition) is 1. The highest BCUT2D eigenvalue weighted by Crippen LogP contribution is 2.24. The zero-order chi connectivity index (χ0) is 11.4. The predicted octanol–water partition coefficient (Wildman–Crippen LogP) is 2.83. The zero-order valence-electron chi connectivity index (χ0n) is 9.43. The Labute approximate surface area is 112 Å². The fourth-order valence-corrected chi connectivity index (χ4v) is 1.34. The number of carboxylic acid groups (broad SMARTS) is 1. The highest BCUT2D eigenvalue weighted by atomic mass is 35.5. The molecule has 0 aliphatic rings. The van der Waals surface area contributed by atoms with Gasteiger partial charge in [0.25, 0.3) is 0 Å². The first-order valence-corrected chi connectivity index (χ1v) is 4.55. The molecule has 0 spiro atoms. The van der Waals surface area contributed by atoms with E-state index in [0.29, 0.717) is 12.0 Å². The number of ketones is 1. The number of halogens is 2. The lowest BCUT2D eigenvalue weighted by Gasteiger charge is -2.09. The maximum Gasteiger partial charge on any atom is 0.339 e. The molecule has 0 atom stereocenters. The Balaban J connectivity index is 0. The number of carbonyl (C=O) groups is 2. The van der Waals surface area contributed by atoms with E-state index in [2.05, 4.69) is 0 Å². The second-order valence-corrected chi connectivity index (χ2v) is 2.97. The topological polar surface area (TPSA) is 63.6 Å². The third-order valence-electron chi connectivity index (χ3n) is 2.07. The average Bonchev–Trinajstić information content (AvgIpc) is 2.26. The molecule has 0 bridgehead atoms. The fourth-order valence-electron chi connectivity index (χ4n) is 1.34. The summed E-state index contributed by atoms with van der Waals surface area (Å²) < 4.78 is 4.96. The maximum absolute atomic E-state index is 11.5. The largest absolute Gasteiger partial charge is 0.495 e. The van der Waals surface area contributed by atoms with Crippen LogP contribution in [0.1, 0.15) is 34.1 Å². The van der Waals surface area contributed by atoms with Crippen molar-refractivity contribution in [3.8, 4) is 5.75 Å². The average molecular weight is 281 g/mol. The van der Waals surface area contributed by atoms with Crippen molar-refractivity contribution in [3.05, 3.63) is 29.3 Å². The molecular formula is C11H14Cl2O4. The smallest absolute Gasteiger partial charge is 0.339 e. The molecule has 0 aliphatic carbocycles. The summed E-state index contributed by atoms with van der Waals surface area (Å²) in [5, 5.41) is 8.88. The van der Waals surface area contributed by atoms with Gasteiger partial charge in [0.2, 0.25) is 0 Å². The van der Waals surface area contributed by atoms with Gasteiger partial charge in [-0.3, -0.25) is 4.79 Å². The highest BCUT2D eigenvalue weighted by Gasteiger charge is 2.17. The van der Waals surface area contributed by atoms with Crippen LogP contribution in [-0.4, -0.2) is 24.0 Å². The molecule has 0 unspecified atom stereocenters. The third-order valence-corrected chi connectivity index (χ3v) is 2.07. The van der Waals surface area contributed by atoms with E-state index in [4.69, 9.17) is 9.84 Å². The number of rotatable bonds is 4. The summed E-state index contributed by atoms with van der Waals surface area (Å²) in [5.74, 6) is -1.09. The normalized spacial score (nSPS) is 8.59. The van der Waals surface area contributed by atoms with Crippen molar-refractivity contribution in [2.24, 2.45) is 0 Å². The summed E-state index contributed by atoms with van der Waals surface area (Å²) in [6, 6.07) is 4.51. The number of carboxylic acids is 1. The summed E-state index contributed by atoms with van der Waals surface area (Å²) in [5.41, 5.74) is 0.330. The molecule has 4 nitrogen and oxygen atoms in total. The van der Waals surface area contributed by atoms with E-state index in [1.54, 1.807) is 13.0 Å². The second-order valence-electron chi connectivity index (χ2n) is 2.97.